The molecular formula is C27H38N6O3. The molecule has 3 aromatic rings. The van der Waals surface area contributed by atoms with Crippen LogP contribution in [0.15, 0.2) is 23.0 Å². The van der Waals surface area contributed by atoms with Crippen molar-refractivity contribution in [1.29, 1.82) is 0 Å². The number of rotatable bonds is 6. The van der Waals surface area contributed by atoms with E-state index in [0.29, 0.717) is 31.5 Å². The second-order valence-corrected chi connectivity index (χ2v) is 11.5. The van der Waals surface area contributed by atoms with Crippen molar-refractivity contribution in [3.05, 3.63) is 39.9 Å². The van der Waals surface area contributed by atoms with Gasteiger partial charge in [0.05, 0.1) is 17.1 Å². The van der Waals surface area contributed by atoms with Crippen molar-refractivity contribution >= 4 is 10.9 Å². The molecule has 0 unspecified atom stereocenters. The Labute approximate surface area is 212 Å². The third kappa shape index (κ3) is 4.85. The van der Waals surface area contributed by atoms with Gasteiger partial charge >= 0.3 is 0 Å². The summed E-state index contributed by atoms with van der Waals surface area (Å²) in [7, 11) is 0. The van der Waals surface area contributed by atoms with Crippen LogP contribution in [0.2, 0.25) is 0 Å². The van der Waals surface area contributed by atoms with Crippen molar-refractivity contribution in [2.24, 2.45) is 5.92 Å². The summed E-state index contributed by atoms with van der Waals surface area (Å²) >= 11 is 0. The number of tetrazole rings is 1. The number of pyridine rings is 1. The molecule has 1 aromatic carbocycles. The molecule has 1 fully saturated rings. The molecule has 0 amide bonds. The molecule has 0 saturated heterocycles. The lowest BCUT2D eigenvalue weighted by atomic mass is 9.90. The van der Waals surface area contributed by atoms with Crippen LogP contribution in [-0.2, 0) is 12.1 Å². The maximum atomic E-state index is 13.3. The van der Waals surface area contributed by atoms with Crippen LogP contribution in [0, 0.1) is 5.92 Å². The van der Waals surface area contributed by atoms with Gasteiger partial charge in [-0.3, -0.25) is 9.69 Å². The topological polar surface area (TPSA) is 98.2 Å². The Bertz CT molecular complexity index is 1270. The number of aromatic amines is 1. The van der Waals surface area contributed by atoms with E-state index in [2.05, 4.69) is 60.0 Å². The quantitative estimate of drug-likeness (QED) is 0.536. The van der Waals surface area contributed by atoms with E-state index < -0.39 is 0 Å². The lowest BCUT2D eigenvalue weighted by Crippen LogP contribution is -2.44. The number of nitrogens with zero attached hydrogens (tertiary/aromatic N) is 5. The van der Waals surface area contributed by atoms with E-state index in [1.807, 2.05) is 22.9 Å². The molecule has 9 heteroatoms. The normalized spacial score (nSPS) is 17.8. The molecule has 194 valence electrons. The predicted molar refractivity (Wildman–Crippen MR) is 138 cm³/mol. The molecule has 0 bridgehead atoms. The highest BCUT2D eigenvalue weighted by molar-refractivity contribution is 5.83. The van der Waals surface area contributed by atoms with Crippen LogP contribution in [0.5, 0.6) is 11.5 Å². The fourth-order valence-electron chi connectivity index (χ4n) is 5.66. The number of hydrogen-bond acceptors (Lipinski definition) is 7. The van der Waals surface area contributed by atoms with Crippen LogP contribution in [0.4, 0.5) is 0 Å². The summed E-state index contributed by atoms with van der Waals surface area (Å²) in [4.78, 5) is 18.9. The fraction of sp³-hybridized carbons (Fsp3) is 0.630. The van der Waals surface area contributed by atoms with Gasteiger partial charge in [0.1, 0.15) is 13.2 Å². The van der Waals surface area contributed by atoms with E-state index in [9.17, 15) is 4.79 Å². The average Bonchev–Trinajstić information content (AvgIpc) is 3.33. The number of hydrogen-bond donors (Lipinski definition) is 1. The summed E-state index contributed by atoms with van der Waals surface area (Å²) in [5.74, 6) is 2.52. The number of nitrogens with one attached hydrogen (secondary N) is 1. The second-order valence-electron chi connectivity index (χ2n) is 11.5. The fourth-order valence-corrected chi connectivity index (χ4v) is 5.66. The van der Waals surface area contributed by atoms with E-state index in [4.69, 9.17) is 9.47 Å². The molecule has 3 heterocycles. The zero-order chi connectivity index (χ0) is 25.4. The Morgan fingerprint density at radius 3 is 2.44 bits per heavy atom. The molecule has 1 aliphatic carbocycles. The van der Waals surface area contributed by atoms with Crippen LogP contribution in [0.25, 0.3) is 10.9 Å². The Morgan fingerprint density at radius 2 is 1.78 bits per heavy atom. The second kappa shape index (κ2) is 9.84. The molecule has 0 spiro atoms. The minimum Gasteiger partial charge on any atom is -0.486 e. The lowest BCUT2D eigenvalue weighted by Gasteiger charge is -2.41. The highest BCUT2D eigenvalue weighted by Gasteiger charge is 2.36. The lowest BCUT2D eigenvalue weighted by molar-refractivity contribution is 0.0580. The number of benzene rings is 1. The Morgan fingerprint density at radius 1 is 1.08 bits per heavy atom. The third-order valence-corrected chi connectivity index (χ3v) is 7.36. The minimum atomic E-state index is -0.244. The average molecular weight is 495 g/mol. The third-order valence-electron chi connectivity index (χ3n) is 7.36. The molecule has 0 radical (unpaired) electrons. The van der Waals surface area contributed by atoms with Gasteiger partial charge < -0.3 is 14.5 Å². The largest absolute Gasteiger partial charge is 0.486 e. The molecule has 9 nitrogen and oxygen atoms in total. The smallest absolute Gasteiger partial charge is 0.252 e. The number of H-pyrrole nitrogens is 1. The molecule has 1 atom stereocenters. The van der Waals surface area contributed by atoms with Crippen molar-refractivity contribution in [1.82, 2.24) is 30.1 Å². The number of aromatic nitrogens is 5. The highest BCUT2D eigenvalue weighted by Crippen LogP contribution is 2.37. The van der Waals surface area contributed by atoms with E-state index in [0.717, 1.165) is 40.9 Å². The van der Waals surface area contributed by atoms with Crippen LogP contribution < -0.4 is 15.0 Å². The molecule has 1 aliphatic heterocycles. The van der Waals surface area contributed by atoms with Gasteiger partial charge in [0, 0.05) is 29.6 Å². The first-order valence-electron chi connectivity index (χ1n) is 13.2. The molecular weight excluding hydrogens is 456 g/mol. The van der Waals surface area contributed by atoms with Crippen LogP contribution in [0.1, 0.15) is 84.2 Å². The van der Waals surface area contributed by atoms with Gasteiger partial charge in [0.15, 0.2) is 17.3 Å². The summed E-state index contributed by atoms with van der Waals surface area (Å²) in [6, 6.07) is 6.19. The molecule has 5 rings (SSSR count). The summed E-state index contributed by atoms with van der Waals surface area (Å²) in [6.07, 6.45) is 5.90. The Kier molecular flexibility index (Phi) is 6.76. The standard InChI is InChI=1S/C27H38N6O3/c1-17(2)24(25-29-30-31-33(25)27(3,4)5)32(20-9-7-6-8-10-20)16-19-13-18-14-22-23(36-12-11-35-22)15-21(18)28-26(19)34/h13-15,17,20,24H,6-12,16H2,1-5H3,(H,28,34)/t24-/m1/s1. The van der Waals surface area contributed by atoms with Crippen molar-refractivity contribution in [3.63, 3.8) is 0 Å². The van der Waals surface area contributed by atoms with Gasteiger partial charge in [-0.15, -0.1) is 5.10 Å². The Balaban J connectivity index is 1.57. The van der Waals surface area contributed by atoms with Gasteiger partial charge in [0.25, 0.3) is 5.56 Å². The SMILES string of the molecule is CC(C)[C@H](c1nnnn1C(C)(C)C)N(Cc1cc2cc3c(cc2[nH]c1=O)OCCO3)C1CCCCC1. The van der Waals surface area contributed by atoms with E-state index in [-0.39, 0.29) is 23.1 Å². The van der Waals surface area contributed by atoms with E-state index >= 15 is 0 Å². The highest BCUT2D eigenvalue weighted by atomic mass is 16.6. The molecule has 1 saturated carbocycles. The first-order valence-corrected chi connectivity index (χ1v) is 13.2. The van der Waals surface area contributed by atoms with E-state index in [1.54, 1.807) is 0 Å². The predicted octanol–water partition coefficient (Wildman–Crippen LogP) is 4.57. The van der Waals surface area contributed by atoms with Gasteiger partial charge in [-0.25, -0.2) is 4.68 Å². The van der Waals surface area contributed by atoms with Gasteiger partial charge in [-0.2, -0.15) is 0 Å². The first kappa shape index (κ1) is 24.7. The zero-order valence-electron chi connectivity index (χ0n) is 22.1. The number of fused-ring (bicyclic) bond motifs is 2. The maximum absolute atomic E-state index is 13.3. The molecule has 2 aromatic heterocycles. The van der Waals surface area contributed by atoms with E-state index in [1.165, 1.54) is 19.3 Å². The van der Waals surface area contributed by atoms with Gasteiger partial charge in [0.2, 0.25) is 0 Å². The molecule has 36 heavy (non-hydrogen) atoms. The summed E-state index contributed by atoms with van der Waals surface area (Å²) in [6.45, 7) is 12.4. The van der Waals surface area contributed by atoms with Crippen molar-refractivity contribution in [3.8, 4) is 11.5 Å². The minimum absolute atomic E-state index is 0.0160. The van der Waals surface area contributed by atoms with Crippen molar-refractivity contribution < 1.29 is 9.47 Å². The molecule has 1 N–H and O–H groups in total. The van der Waals surface area contributed by atoms with Crippen molar-refractivity contribution in [2.45, 2.75) is 90.9 Å². The maximum Gasteiger partial charge on any atom is 0.252 e. The first-order chi connectivity index (χ1) is 17.2. The van der Waals surface area contributed by atoms with Gasteiger partial charge in [-0.1, -0.05) is 33.1 Å². The monoisotopic (exact) mass is 494 g/mol. The molecule has 2 aliphatic rings. The Hall–Kier alpha value is -2.94. The number of ether oxygens (including phenoxy) is 2. The van der Waals surface area contributed by atoms with Crippen LogP contribution in [0.3, 0.4) is 0 Å². The summed E-state index contributed by atoms with van der Waals surface area (Å²) in [5.41, 5.74) is 1.18. The summed E-state index contributed by atoms with van der Waals surface area (Å²) < 4.78 is 13.4. The van der Waals surface area contributed by atoms with Crippen LogP contribution >= 0.6 is 0 Å². The van der Waals surface area contributed by atoms with Crippen LogP contribution in [-0.4, -0.2) is 49.3 Å². The summed E-state index contributed by atoms with van der Waals surface area (Å²) in [5, 5.41) is 13.9. The van der Waals surface area contributed by atoms with Crippen molar-refractivity contribution in [2.75, 3.05) is 13.2 Å². The zero-order valence-corrected chi connectivity index (χ0v) is 22.1. The van der Waals surface area contributed by atoms with Gasteiger partial charge in [-0.05, 0) is 62.1 Å².